The van der Waals surface area contributed by atoms with E-state index < -0.39 is 0 Å². The number of carbonyl (C=O) groups excluding carboxylic acids is 1. The van der Waals surface area contributed by atoms with E-state index in [1.807, 2.05) is 0 Å². The molecule has 2 unspecified atom stereocenters. The monoisotopic (exact) mass is 199 g/mol. The number of hydrogen-bond donors (Lipinski definition) is 1. The minimum Gasteiger partial charge on any atom is -0.469 e. The van der Waals surface area contributed by atoms with E-state index in [0.29, 0.717) is 0 Å². The van der Waals surface area contributed by atoms with Crippen molar-refractivity contribution in [1.29, 1.82) is 0 Å². The lowest BCUT2D eigenvalue weighted by molar-refractivity contribution is -0.146. The molecule has 1 rings (SSSR count). The van der Waals surface area contributed by atoms with Crippen molar-refractivity contribution in [1.82, 2.24) is 0 Å². The quantitative estimate of drug-likeness (QED) is 0.656. The highest BCUT2D eigenvalue weighted by molar-refractivity contribution is 5.73. The molecule has 0 spiro atoms. The number of nitrogens with two attached hydrogens (primary N) is 1. The van der Waals surface area contributed by atoms with Crippen LogP contribution in [0.1, 0.15) is 44.9 Å². The Bertz CT molecular complexity index is 182. The summed E-state index contributed by atoms with van der Waals surface area (Å²) in [5, 5.41) is 0. The van der Waals surface area contributed by atoms with Crippen molar-refractivity contribution >= 4 is 5.97 Å². The molecular formula is C11H21NO2. The zero-order valence-corrected chi connectivity index (χ0v) is 9.00. The number of ether oxygens (including phenoxy) is 1. The molecule has 0 aromatic heterocycles. The maximum atomic E-state index is 11.5. The van der Waals surface area contributed by atoms with Crippen LogP contribution in [-0.4, -0.2) is 19.1 Å². The second-order valence-electron chi connectivity index (χ2n) is 4.14. The van der Waals surface area contributed by atoms with Crippen molar-refractivity contribution in [3.63, 3.8) is 0 Å². The van der Waals surface area contributed by atoms with Crippen molar-refractivity contribution < 1.29 is 9.53 Å². The summed E-state index contributed by atoms with van der Waals surface area (Å²) in [5.41, 5.74) is 5.99. The average Bonchev–Trinajstić information content (AvgIpc) is 2.29. The number of esters is 1. The lowest BCUT2D eigenvalue weighted by Crippen LogP contribution is -2.36. The van der Waals surface area contributed by atoms with Crippen molar-refractivity contribution in [2.45, 2.75) is 51.0 Å². The molecule has 3 nitrogen and oxygen atoms in total. The molecule has 0 amide bonds. The fourth-order valence-electron chi connectivity index (χ4n) is 2.13. The van der Waals surface area contributed by atoms with Gasteiger partial charge in [-0.05, 0) is 12.8 Å². The van der Waals surface area contributed by atoms with E-state index in [9.17, 15) is 4.79 Å². The maximum Gasteiger partial charge on any atom is 0.310 e. The lowest BCUT2D eigenvalue weighted by Gasteiger charge is -2.20. The highest BCUT2D eigenvalue weighted by atomic mass is 16.5. The molecule has 0 aromatic carbocycles. The zero-order chi connectivity index (χ0) is 10.4. The predicted molar refractivity (Wildman–Crippen MR) is 55.8 cm³/mol. The third kappa shape index (κ3) is 3.29. The topological polar surface area (TPSA) is 52.3 Å². The number of methoxy groups -OCH3 is 1. The maximum absolute atomic E-state index is 11.5. The molecule has 2 N–H and O–H groups in total. The Hall–Kier alpha value is -0.570. The van der Waals surface area contributed by atoms with Crippen molar-refractivity contribution in [2.75, 3.05) is 7.11 Å². The van der Waals surface area contributed by atoms with Crippen LogP contribution in [0, 0.1) is 5.92 Å². The molecule has 0 saturated heterocycles. The smallest absolute Gasteiger partial charge is 0.310 e. The highest BCUT2D eigenvalue weighted by Gasteiger charge is 2.26. The number of hydrogen-bond acceptors (Lipinski definition) is 3. The molecule has 1 aliphatic rings. The van der Waals surface area contributed by atoms with Gasteiger partial charge in [0.2, 0.25) is 0 Å². The molecular weight excluding hydrogens is 178 g/mol. The van der Waals surface area contributed by atoms with Crippen LogP contribution in [0.15, 0.2) is 0 Å². The van der Waals surface area contributed by atoms with E-state index in [1.54, 1.807) is 0 Å². The molecule has 82 valence electrons. The largest absolute Gasteiger partial charge is 0.469 e. The summed E-state index contributed by atoms with van der Waals surface area (Å²) in [5.74, 6) is -0.197. The fourth-order valence-corrected chi connectivity index (χ4v) is 2.13. The molecule has 0 bridgehead atoms. The minimum absolute atomic E-state index is 0.000509. The third-order valence-electron chi connectivity index (χ3n) is 3.07. The van der Waals surface area contributed by atoms with Gasteiger partial charge in [0, 0.05) is 6.04 Å². The van der Waals surface area contributed by atoms with Crippen LogP contribution in [0.4, 0.5) is 0 Å². The van der Waals surface area contributed by atoms with Crippen molar-refractivity contribution in [3.8, 4) is 0 Å². The van der Waals surface area contributed by atoms with E-state index in [2.05, 4.69) is 0 Å². The Morgan fingerprint density at radius 3 is 2.36 bits per heavy atom. The molecule has 2 atom stereocenters. The first-order chi connectivity index (χ1) is 6.75. The van der Waals surface area contributed by atoms with Crippen LogP contribution >= 0.6 is 0 Å². The van der Waals surface area contributed by atoms with Gasteiger partial charge < -0.3 is 10.5 Å². The lowest BCUT2D eigenvalue weighted by atomic mass is 9.92. The normalized spacial score (nSPS) is 29.9. The van der Waals surface area contributed by atoms with Gasteiger partial charge in [0.25, 0.3) is 0 Å². The zero-order valence-electron chi connectivity index (χ0n) is 9.00. The summed E-state index contributed by atoms with van der Waals surface area (Å²) < 4.78 is 4.78. The van der Waals surface area contributed by atoms with Crippen LogP contribution in [0.3, 0.4) is 0 Å². The first-order valence-electron chi connectivity index (χ1n) is 5.59. The summed E-state index contributed by atoms with van der Waals surface area (Å²) in [4.78, 5) is 11.5. The Labute approximate surface area is 86.0 Å². The van der Waals surface area contributed by atoms with Crippen LogP contribution in [0.25, 0.3) is 0 Å². The summed E-state index contributed by atoms with van der Waals surface area (Å²) in [6, 6.07) is 0.000509. The Morgan fingerprint density at radius 2 is 1.71 bits per heavy atom. The molecule has 0 aliphatic heterocycles. The van der Waals surface area contributed by atoms with Crippen LogP contribution < -0.4 is 5.73 Å². The van der Waals surface area contributed by atoms with Gasteiger partial charge >= 0.3 is 5.97 Å². The molecule has 1 saturated carbocycles. The van der Waals surface area contributed by atoms with Gasteiger partial charge in [0.15, 0.2) is 0 Å². The van der Waals surface area contributed by atoms with Gasteiger partial charge in [0.1, 0.15) is 0 Å². The fraction of sp³-hybridized carbons (Fsp3) is 0.909. The Kier molecular flexibility index (Phi) is 4.94. The number of carbonyl (C=O) groups is 1. The standard InChI is InChI=1S/C11H21NO2/c1-14-11(13)9-7-5-3-2-4-6-8-10(9)12/h9-10H,2-8,12H2,1H3. The van der Waals surface area contributed by atoms with Crippen molar-refractivity contribution in [2.24, 2.45) is 11.7 Å². The van der Waals surface area contributed by atoms with Crippen LogP contribution in [0.2, 0.25) is 0 Å². The first-order valence-corrected chi connectivity index (χ1v) is 5.59. The van der Waals surface area contributed by atoms with Crippen LogP contribution in [-0.2, 0) is 9.53 Å². The molecule has 1 aliphatic carbocycles. The van der Waals surface area contributed by atoms with E-state index >= 15 is 0 Å². The Morgan fingerprint density at radius 1 is 1.14 bits per heavy atom. The summed E-state index contributed by atoms with van der Waals surface area (Å²) in [7, 11) is 1.45. The second kappa shape index (κ2) is 6.02. The Balaban J connectivity index is 2.52. The van der Waals surface area contributed by atoms with Crippen LogP contribution in [0.5, 0.6) is 0 Å². The van der Waals surface area contributed by atoms with Gasteiger partial charge in [-0.2, -0.15) is 0 Å². The van der Waals surface area contributed by atoms with E-state index in [0.717, 1.165) is 25.7 Å². The van der Waals surface area contributed by atoms with Gasteiger partial charge in [0.05, 0.1) is 13.0 Å². The summed E-state index contributed by atoms with van der Waals surface area (Å²) >= 11 is 0. The first kappa shape index (κ1) is 11.5. The van der Waals surface area contributed by atoms with Gasteiger partial charge in [-0.3, -0.25) is 4.79 Å². The molecule has 3 heteroatoms. The van der Waals surface area contributed by atoms with Gasteiger partial charge in [-0.15, -0.1) is 0 Å². The van der Waals surface area contributed by atoms with E-state index in [4.69, 9.17) is 10.5 Å². The molecule has 0 heterocycles. The van der Waals surface area contributed by atoms with E-state index in [1.165, 1.54) is 26.4 Å². The van der Waals surface area contributed by atoms with Gasteiger partial charge in [-0.25, -0.2) is 0 Å². The molecule has 0 aromatic rings. The van der Waals surface area contributed by atoms with Crippen molar-refractivity contribution in [3.05, 3.63) is 0 Å². The average molecular weight is 199 g/mol. The van der Waals surface area contributed by atoms with E-state index in [-0.39, 0.29) is 17.9 Å². The SMILES string of the molecule is COC(=O)C1CCCCCCCC1N. The molecule has 1 fully saturated rings. The minimum atomic E-state index is -0.126. The summed E-state index contributed by atoms with van der Waals surface area (Å²) in [6.07, 6.45) is 7.86. The molecule has 0 radical (unpaired) electrons. The predicted octanol–water partition coefficient (Wildman–Crippen LogP) is 1.85. The summed E-state index contributed by atoms with van der Waals surface area (Å²) in [6.45, 7) is 0. The second-order valence-corrected chi connectivity index (χ2v) is 4.14. The molecule has 14 heavy (non-hydrogen) atoms. The number of rotatable bonds is 1. The van der Waals surface area contributed by atoms with Gasteiger partial charge in [-0.1, -0.05) is 32.1 Å². The third-order valence-corrected chi connectivity index (χ3v) is 3.07. The highest BCUT2D eigenvalue weighted by Crippen LogP contribution is 2.21.